The van der Waals surface area contributed by atoms with E-state index in [2.05, 4.69) is 0 Å². The zero-order valence-electron chi connectivity index (χ0n) is 22.6. The number of carbonyl (C=O) groups excluding carboxylic acids is 3. The van der Waals surface area contributed by atoms with Gasteiger partial charge < -0.3 is 19.0 Å². The lowest BCUT2D eigenvalue weighted by atomic mass is 10.00. The molecule has 4 rings (SSSR count). The maximum Gasteiger partial charge on any atom is 0.417 e. The molecule has 0 bridgehead atoms. The lowest BCUT2D eigenvalue weighted by molar-refractivity contribution is -0.137. The molecule has 1 fully saturated rings. The van der Waals surface area contributed by atoms with Crippen LogP contribution in [0.15, 0.2) is 65.1 Å². The zero-order valence-corrected chi connectivity index (χ0v) is 22.6. The number of benzene rings is 2. The molecule has 1 aromatic heterocycles. The minimum Gasteiger partial charge on any atom is -0.457 e. The van der Waals surface area contributed by atoms with E-state index in [1.165, 1.54) is 7.11 Å². The fraction of sp³-hybridized carbons (Fsp3) is 0.387. The van der Waals surface area contributed by atoms with Crippen LogP contribution in [0.3, 0.4) is 0 Å². The molecule has 1 aliphatic rings. The highest BCUT2D eigenvalue weighted by Gasteiger charge is 2.47. The summed E-state index contributed by atoms with van der Waals surface area (Å²) in [6.45, 7) is 3.85. The number of imide groups is 1. The van der Waals surface area contributed by atoms with E-state index in [0.717, 1.165) is 52.8 Å². The number of furan rings is 1. The summed E-state index contributed by atoms with van der Waals surface area (Å²) in [7, 11) is 1.26. The van der Waals surface area contributed by atoms with Crippen molar-refractivity contribution in [1.29, 1.82) is 0 Å². The molecule has 0 spiro atoms. The van der Waals surface area contributed by atoms with Crippen LogP contribution in [-0.4, -0.2) is 53.7 Å². The van der Waals surface area contributed by atoms with Crippen LogP contribution >= 0.6 is 0 Å². The quantitative estimate of drug-likeness (QED) is 0.182. The molecule has 1 saturated heterocycles. The number of ether oxygens (including phenoxy) is 2. The number of Topliss-reactive ketones (excluding diaryl/α,β-unsaturated/α-hetero) is 1. The summed E-state index contributed by atoms with van der Waals surface area (Å²) in [5, 5.41) is 9.04. The number of hydrogen-bond donors (Lipinski definition) is 1. The summed E-state index contributed by atoms with van der Waals surface area (Å²) in [4.78, 5) is 40.7. The number of hydrogen-bond acceptors (Lipinski definition) is 7. The number of amides is 2. The first kappa shape index (κ1) is 28.3. The summed E-state index contributed by atoms with van der Waals surface area (Å²) in [5.74, 6) is -0.811. The topological polar surface area (TPSA) is 106 Å². The zero-order chi connectivity index (χ0) is 27.9. The molecular formula is C31H35NO7. The Morgan fingerprint density at radius 3 is 2.46 bits per heavy atom. The van der Waals surface area contributed by atoms with Crippen LogP contribution in [0.2, 0.25) is 0 Å². The first-order valence-electron chi connectivity index (χ1n) is 13.3. The van der Waals surface area contributed by atoms with E-state index >= 15 is 0 Å². The highest BCUT2D eigenvalue weighted by molar-refractivity contribution is 6.14. The Labute approximate surface area is 228 Å². The maximum atomic E-state index is 13.6. The van der Waals surface area contributed by atoms with Gasteiger partial charge >= 0.3 is 6.09 Å². The van der Waals surface area contributed by atoms with E-state index < -0.39 is 36.0 Å². The summed E-state index contributed by atoms with van der Waals surface area (Å²) in [5.41, 5.74) is 3.51. The molecule has 0 aliphatic carbocycles. The van der Waals surface area contributed by atoms with Crippen molar-refractivity contribution in [3.8, 4) is 11.1 Å². The Balaban J connectivity index is 1.58. The van der Waals surface area contributed by atoms with Gasteiger partial charge in [-0.25, -0.2) is 9.69 Å². The molecule has 1 aliphatic heterocycles. The standard InChI is InChI=1S/C31H35NO7/c1-20-12-11-15-23(18-20)24-19-26(38-25(24)16-9-4-5-10-17-33)27(34)29(37-3)30(35)32-21(2)28(39-31(32)36)22-13-7-6-8-14-22/h6-8,11-15,18-19,21,28-29,33H,4-5,9-10,16-17H2,1-3H3. The highest BCUT2D eigenvalue weighted by Crippen LogP contribution is 2.34. The van der Waals surface area contributed by atoms with Crippen LogP contribution in [0.4, 0.5) is 4.79 Å². The predicted octanol–water partition coefficient (Wildman–Crippen LogP) is 5.66. The number of nitrogens with zero attached hydrogens (tertiary/aromatic N) is 1. The van der Waals surface area contributed by atoms with E-state index in [9.17, 15) is 14.4 Å². The molecule has 2 aromatic carbocycles. The minimum atomic E-state index is -1.57. The van der Waals surface area contributed by atoms with Crippen molar-refractivity contribution in [2.75, 3.05) is 13.7 Å². The Kier molecular flexibility index (Phi) is 9.32. The van der Waals surface area contributed by atoms with E-state index in [1.807, 2.05) is 61.5 Å². The monoisotopic (exact) mass is 533 g/mol. The number of aliphatic hydroxyl groups is 1. The van der Waals surface area contributed by atoms with Crippen molar-refractivity contribution in [3.63, 3.8) is 0 Å². The van der Waals surface area contributed by atoms with Crippen LogP contribution in [0, 0.1) is 6.92 Å². The molecule has 3 atom stereocenters. The van der Waals surface area contributed by atoms with Gasteiger partial charge in [-0.2, -0.15) is 0 Å². The summed E-state index contributed by atoms with van der Waals surface area (Å²) in [6, 6.07) is 18.1. The second-order valence-electron chi connectivity index (χ2n) is 9.85. The van der Waals surface area contributed by atoms with Gasteiger partial charge in [0.1, 0.15) is 11.9 Å². The Hall–Kier alpha value is -3.75. The van der Waals surface area contributed by atoms with E-state index in [0.29, 0.717) is 12.2 Å². The smallest absolute Gasteiger partial charge is 0.417 e. The first-order valence-corrected chi connectivity index (χ1v) is 13.3. The van der Waals surface area contributed by atoms with Crippen molar-refractivity contribution < 1.29 is 33.4 Å². The number of aliphatic hydroxyl groups excluding tert-OH is 1. The average molecular weight is 534 g/mol. The average Bonchev–Trinajstić information content (AvgIpc) is 3.49. The second-order valence-corrected chi connectivity index (χ2v) is 9.85. The lowest BCUT2D eigenvalue weighted by Gasteiger charge is -2.22. The Morgan fingerprint density at radius 1 is 1.03 bits per heavy atom. The number of cyclic esters (lactones) is 1. The van der Waals surface area contributed by atoms with Gasteiger partial charge in [-0.3, -0.25) is 9.59 Å². The van der Waals surface area contributed by atoms with Crippen LogP contribution in [0.5, 0.6) is 0 Å². The SMILES string of the molecule is COC(C(=O)c1cc(-c2cccc(C)c2)c(CCCCCCO)o1)C(=O)N1C(=O)OC(c2ccccc2)C1C. The lowest BCUT2D eigenvalue weighted by Crippen LogP contribution is -2.47. The van der Waals surface area contributed by atoms with Gasteiger partial charge in [0.25, 0.3) is 5.91 Å². The molecule has 0 saturated carbocycles. The molecule has 8 nitrogen and oxygen atoms in total. The van der Waals surface area contributed by atoms with Gasteiger partial charge in [0, 0.05) is 25.7 Å². The number of aryl methyl sites for hydroxylation is 2. The molecule has 2 heterocycles. The fourth-order valence-corrected chi connectivity index (χ4v) is 4.96. The van der Waals surface area contributed by atoms with Crippen molar-refractivity contribution in [2.45, 2.75) is 64.2 Å². The number of rotatable bonds is 12. The predicted molar refractivity (Wildman–Crippen MR) is 145 cm³/mol. The van der Waals surface area contributed by atoms with Gasteiger partial charge in [0.2, 0.25) is 11.9 Å². The van der Waals surface area contributed by atoms with Gasteiger partial charge in [-0.15, -0.1) is 0 Å². The van der Waals surface area contributed by atoms with Gasteiger partial charge in [0.15, 0.2) is 5.76 Å². The van der Waals surface area contributed by atoms with Crippen molar-refractivity contribution in [3.05, 3.63) is 83.3 Å². The molecule has 2 amide bonds. The third kappa shape index (κ3) is 6.29. The normalized spacial score (nSPS) is 17.7. The summed E-state index contributed by atoms with van der Waals surface area (Å²) in [6.07, 6.45) is 0.942. The van der Waals surface area contributed by atoms with Crippen molar-refractivity contribution in [1.82, 2.24) is 4.90 Å². The van der Waals surface area contributed by atoms with Crippen LogP contribution in [-0.2, 0) is 20.7 Å². The molecule has 8 heteroatoms. The van der Waals surface area contributed by atoms with E-state index in [-0.39, 0.29) is 12.4 Å². The third-order valence-corrected chi connectivity index (χ3v) is 7.03. The molecular weight excluding hydrogens is 498 g/mol. The maximum absolute atomic E-state index is 13.6. The Bertz CT molecular complexity index is 1300. The Morgan fingerprint density at radius 2 is 1.77 bits per heavy atom. The van der Waals surface area contributed by atoms with Gasteiger partial charge in [-0.05, 0) is 43.9 Å². The number of ketones is 1. The van der Waals surface area contributed by atoms with E-state index in [4.69, 9.17) is 19.0 Å². The minimum absolute atomic E-state index is 0.00288. The fourth-order valence-electron chi connectivity index (χ4n) is 4.96. The number of methoxy groups -OCH3 is 1. The van der Waals surface area contributed by atoms with Crippen molar-refractivity contribution >= 4 is 17.8 Å². The summed E-state index contributed by atoms with van der Waals surface area (Å²) >= 11 is 0. The third-order valence-electron chi connectivity index (χ3n) is 7.03. The van der Waals surface area contributed by atoms with Crippen LogP contribution in [0.25, 0.3) is 11.1 Å². The second kappa shape index (κ2) is 12.9. The van der Waals surface area contributed by atoms with Gasteiger partial charge in [-0.1, -0.05) is 73.0 Å². The molecule has 3 unspecified atom stereocenters. The molecule has 206 valence electrons. The highest BCUT2D eigenvalue weighted by atomic mass is 16.6. The van der Waals surface area contributed by atoms with Crippen LogP contribution in [0.1, 0.15) is 66.2 Å². The molecule has 3 aromatic rings. The van der Waals surface area contributed by atoms with Crippen LogP contribution < -0.4 is 0 Å². The summed E-state index contributed by atoms with van der Waals surface area (Å²) < 4.78 is 16.9. The largest absolute Gasteiger partial charge is 0.457 e. The van der Waals surface area contributed by atoms with Gasteiger partial charge in [0.05, 0.1) is 6.04 Å². The molecule has 0 radical (unpaired) electrons. The molecule has 39 heavy (non-hydrogen) atoms. The van der Waals surface area contributed by atoms with Crippen molar-refractivity contribution in [2.24, 2.45) is 0 Å². The first-order chi connectivity index (χ1) is 18.8. The number of unbranched alkanes of at least 4 members (excludes halogenated alkanes) is 3. The van der Waals surface area contributed by atoms with E-state index in [1.54, 1.807) is 13.0 Å². The molecule has 1 N–H and O–H groups in total. The number of carbonyl (C=O) groups is 3.